The molecular weight excluding hydrogens is 344 g/mol. The summed E-state index contributed by atoms with van der Waals surface area (Å²) in [5.41, 5.74) is 0.741. The second kappa shape index (κ2) is 7.67. The Balaban J connectivity index is 1.63. The fourth-order valence-electron chi connectivity index (χ4n) is 2.14. The van der Waals surface area contributed by atoms with Gasteiger partial charge in [-0.1, -0.05) is 35.9 Å². The molecule has 2 N–H and O–H groups in total. The Morgan fingerprint density at radius 2 is 1.88 bits per heavy atom. The van der Waals surface area contributed by atoms with Gasteiger partial charge in [0.2, 0.25) is 5.95 Å². The highest BCUT2D eigenvalue weighted by atomic mass is 35.5. The lowest BCUT2D eigenvalue weighted by Crippen LogP contribution is -2.21. The average molecular weight is 359 g/mol. The van der Waals surface area contributed by atoms with Crippen LogP contribution in [0.1, 0.15) is 0 Å². The minimum atomic E-state index is -0.398. The molecule has 0 unspecified atom stereocenters. The molecule has 8 heteroatoms. The number of carbonyl (C=O) groups excluding carboxylic acids is 1. The first kappa shape index (κ1) is 16.8. The van der Waals surface area contributed by atoms with Gasteiger partial charge in [0.1, 0.15) is 11.5 Å². The van der Waals surface area contributed by atoms with Crippen molar-refractivity contribution in [1.29, 1.82) is 0 Å². The predicted molar refractivity (Wildman–Crippen MR) is 93.9 cm³/mol. The first-order chi connectivity index (χ1) is 12.2. The molecule has 3 rings (SSSR count). The van der Waals surface area contributed by atoms with Gasteiger partial charge in [-0.15, -0.1) is 5.10 Å². The molecule has 3 aromatic rings. The van der Waals surface area contributed by atoms with Gasteiger partial charge in [-0.25, -0.2) is 0 Å². The molecule has 1 amide bonds. The van der Waals surface area contributed by atoms with Crippen molar-refractivity contribution >= 4 is 23.5 Å². The van der Waals surface area contributed by atoms with E-state index in [0.29, 0.717) is 22.3 Å². The lowest BCUT2D eigenvalue weighted by molar-refractivity contribution is -0.118. The summed E-state index contributed by atoms with van der Waals surface area (Å²) in [6.45, 7) is -0.206. The summed E-state index contributed by atoms with van der Waals surface area (Å²) < 4.78 is 10.7. The molecule has 0 spiro atoms. The van der Waals surface area contributed by atoms with Gasteiger partial charge < -0.3 is 9.47 Å². The number of halogens is 1. The Morgan fingerprint density at radius 3 is 2.64 bits per heavy atom. The van der Waals surface area contributed by atoms with E-state index in [9.17, 15) is 4.79 Å². The number of methoxy groups -OCH3 is 1. The number of ether oxygens (including phenoxy) is 2. The summed E-state index contributed by atoms with van der Waals surface area (Å²) in [6.07, 6.45) is 0. The van der Waals surface area contributed by atoms with Crippen LogP contribution < -0.4 is 14.8 Å². The lowest BCUT2D eigenvalue weighted by atomic mass is 10.2. The van der Waals surface area contributed by atoms with E-state index >= 15 is 0 Å². The minimum absolute atomic E-state index is 0.147. The molecule has 2 aromatic carbocycles. The average Bonchev–Trinajstić information content (AvgIpc) is 3.09. The van der Waals surface area contributed by atoms with Crippen LogP contribution in [0, 0.1) is 0 Å². The third-order valence-electron chi connectivity index (χ3n) is 3.29. The van der Waals surface area contributed by atoms with Gasteiger partial charge in [0, 0.05) is 0 Å². The fraction of sp³-hybridized carbons (Fsp3) is 0.118. The number of aromatic amines is 1. The molecule has 0 aliphatic rings. The van der Waals surface area contributed by atoms with Crippen LogP contribution in [0.25, 0.3) is 11.4 Å². The van der Waals surface area contributed by atoms with Gasteiger partial charge in [-0.05, 0) is 24.3 Å². The van der Waals surface area contributed by atoms with Gasteiger partial charge >= 0.3 is 0 Å². The molecule has 0 saturated heterocycles. The highest BCUT2D eigenvalue weighted by Gasteiger charge is 2.13. The van der Waals surface area contributed by atoms with E-state index in [0.717, 1.165) is 5.56 Å². The van der Waals surface area contributed by atoms with Crippen LogP contribution in [0.3, 0.4) is 0 Å². The molecule has 0 atom stereocenters. The monoisotopic (exact) mass is 358 g/mol. The van der Waals surface area contributed by atoms with Crippen LogP contribution in [0.2, 0.25) is 5.02 Å². The lowest BCUT2D eigenvalue weighted by Gasteiger charge is -2.06. The molecule has 0 aliphatic heterocycles. The van der Waals surface area contributed by atoms with Crippen molar-refractivity contribution in [3.8, 4) is 22.9 Å². The summed E-state index contributed by atoms with van der Waals surface area (Å²) in [7, 11) is 1.57. The zero-order valence-corrected chi connectivity index (χ0v) is 14.1. The Bertz CT molecular complexity index is 882. The molecule has 25 heavy (non-hydrogen) atoms. The molecule has 0 bridgehead atoms. The molecule has 7 nitrogen and oxygen atoms in total. The number of carbonyl (C=O) groups is 1. The van der Waals surface area contributed by atoms with Crippen molar-refractivity contribution in [2.45, 2.75) is 0 Å². The summed E-state index contributed by atoms with van der Waals surface area (Å²) in [5.74, 6) is 1.32. The molecule has 0 aliphatic carbocycles. The number of para-hydroxylation sites is 2. The molecular formula is C17H15ClN4O3. The van der Waals surface area contributed by atoms with Crippen LogP contribution in [0.5, 0.6) is 11.5 Å². The summed E-state index contributed by atoms with van der Waals surface area (Å²) in [4.78, 5) is 16.2. The van der Waals surface area contributed by atoms with Crippen LogP contribution in [-0.2, 0) is 4.79 Å². The highest BCUT2D eigenvalue weighted by Crippen LogP contribution is 2.27. The van der Waals surface area contributed by atoms with Crippen LogP contribution in [0.15, 0.2) is 48.5 Å². The molecule has 128 valence electrons. The van der Waals surface area contributed by atoms with Gasteiger partial charge in [0.05, 0.1) is 17.7 Å². The Labute approximate surface area is 148 Å². The number of hydrogen-bond acceptors (Lipinski definition) is 5. The van der Waals surface area contributed by atoms with E-state index in [2.05, 4.69) is 20.5 Å². The van der Waals surface area contributed by atoms with Crippen LogP contribution in [-0.4, -0.2) is 34.8 Å². The van der Waals surface area contributed by atoms with Crippen molar-refractivity contribution in [3.05, 3.63) is 53.6 Å². The van der Waals surface area contributed by atoms with Crippen LogP contribution >= 0.6 is 11.6 Å². The normalized spacial score (nSPS) is 10.3. The second-order valence-electron chi connectivity index (χ2n) is 4.98. The zero-order chi connectivity index (χ0) is 17.6. The largest absolute Gasteiger partial charge is 0.496 e. The molecule has 0 fully saturated rings. The Hall–Kier alpha value is -3.06. The van der Waals surface area contributed by atoms with E-state index in [1.165, 1.54) is 0 Å². The maximum atomic E-state index is 12.0. The summed E-state index contributed by atoms with van der Waals surface area (Å²) in [6, 6.07) is 14.3. The smallest absolute Gasteiger partial charge is 0.264 e. The highest BCUT2D eigenvalue weighted by molar-refractivity contribution is 6.32. The van der Waals surface area contributed by atoms with Crippen molar-refractivity contribution < 1.29 is 14.3 Å². The van der Waals surface area contributed by atoms with Crippen molar-refractivity contribution in [3.63, 3.8) is 0 Å². The second-order valence-corrected chi connectivity index (χ2v) is 5.38. The number of anilines is 1. The van der Waals surface area contributed by atoms with Crippen LogP contribution in [0.4, 0.5) is 5.95 Å². The summed E-state index contributed by atoms with van der Waals surface area (Å²) in [5, 5.41) is 9.74. The number of aromatic nitrogens is 3. The number of nitrogens with one attached hydrogen (secondary N) is 2. The fourth-order valence-corrected chi connectivity index (χ4v) is 2.33. The zero-order valence-electron chi connectivity index (χ0n) is 13.3. The predicted octanol–water partition coefficient (Wildman–Crippen LogP) is 3.15. The molecule has 0 radical (unpaired) electrons. The maximum absolute atomic E-state index is 12.0. The van der Waals surface area contributed by atoms with Gasteiger partial charge in [-0.3, -0.25) is 15.2 Å². The number of rotatable bonds is 6. The Morgan fingerprint density at radius 1 is 1.16 bits per heavy atom. The van der Waals surface area contributed by atoms with E-state index in [-0.39, 0.29) is 12.6 Å². The van der Waals surface area contributed by atoms with Gasteiger partial charge in [0.25, 0.3) is 5.91 Å². The topological polar surface area (TPSA) is 89.1 Å². The maximum Gasteiger partial charge on any atom is 0.264 e. The number of amides is 1. The quantitative estimate of drug-likeness (QED) is 0.706. The van der Waals surface area contributed by atoms with Crippen molar-refractivity contribution in [1.82, 2.24) is 15.2 Å². The number of H-pyrrole nitrogens is 1. The third-order valence-corrected chi connectivity index (χ3v) is 3.61. The SMILES string of the molecule is COc1ccccc1-c1nc(NC(=O)COc2ccccc2Cl)n[nH]1. The van der Waals surface area contributed by atoms with Gasteiger partial charge in [-0.2, -0.15) is 4.98 Å². The van der Waals surface area contributed by atoms with E-state index in [4.69, 9.17) is 21.1 Å². The van der Waals surface area contributed by atoms with Gasteiger partial charge in [0.15, 0.2) is 12.4 Å². The van der Waals surface area contributed by atoms with E-state index in [1.54, 1.807) is 31.4 Å². The first-order valence-corrected chi connectivity index (χ1v) is 7.78. The van der Waals surface area contributed by atoms with E-state index in [1.807, 2.05) is 24.3 Å². The summed E-state index contributed by atoms with van der Waals surface area (Å²) >= 11 is 5.97. The number of hydrogen-bond donors (Lipinski definition) is 2. The molecule has 1 aromatic heterocycles. The third kappa shape index (κ3) is 4.07. The standard InChI is InChI=1S/C17H15ClN4O3/c1-24-13-8-4-2-6-11(13)16-20-17(22-21-16)19-15(23)10-25-14-9-5-3-7-12(14)18/h2-9H,10H2,1H3,(H2,19,20,21,22,23). The minimum Gasteiger partial charge on any atom is -0.496 e. The molecule has 0 saturated carbocycles. The first-order valence-electron chi connectivity index (χ1n) is 7.40. The number of nitrogens with zero attached hydrogens (tertiary/aromatic N) is 2. The van der Waals surface area contributed by atoms with E-state index < -0.39 is 5.91 Å². The number of benzene rings is 2. The van der Waals surface area contributed by atoms with Crippen molar-refractivity contribution in [2.24, 2.45) is 0 Å². The Kier molecular flexibility index (Phi) is 5.15. The van der Waals surface area contributed by atoms with Crippen molar-refractivity contribution in [2.75, 3.05) is 19.0 Å². The molecule has 1 heterocycles.